The molecular weight excluding hydrogens is 901 g/mol. The number of hydrogen-bond acceptors (Lipinski definition) is 15. The number of carbonyl (C=O) groups is 3. The summed E-state index contributed by atoms with van der Waals surface area (Å²) in [5, 5.41) is 46.0. The number of aliphatic hydroxyl groups excluding tert-OH is 4. The van der Waals surface area contributed by atoms with Gasteiger partial charge in [-0.05, 0) is 38.5 Å². The third-order valence-electron chi connectivity index (χ3n) is 14.8. The number of epoxide rings is 1. The minimum absolute atomic E-state index is 0.0210. The van der Waals surface area contributed by atoms with Gasteiger partial charge in [0.15, 0.2) is 0 Å². The molecule has 2 fully saturated rings. The van der Waals surface area contributed by atoms with Gasteiger partial charge in [-0.15, -0.1) is 0 Å². The molecule has 2 bridgehead atoms. The maximum absolute atomic E-state index is 14.1. The van der Waals surface area contributed by atoms with E-state index < -0.39 is 96.4 Å². The van der Waals surface area contributed by atoms with E-state index in [1.165, 1.54) is 27.2 Å². The van der Waals surface area contributed by atoms with Crippen molar-refractivity contribution in [2.24, 2.45) is 35.5 Å². The highest BCUT2D eigenvalue weighted by Gasteiger charge is 2.53. The predicted molar refractivity (Wildman–Crippen MR) is 265 cm³/mol. The Bertz CT molecular complexity index is 1820. The van der Waals surface area contributed by atoms with E-state index in [0.29, 0.717) is 25.2 Å². The first-order valence-electron chi connectivity index (χ1n) is 25.6. The van der Waals surface area contributed by atoms with Crippen molar-refractivity contribution < 1.29 is 72.7 Å². The summed E-state index contributed by atoms with van der Waals surface area (Å²) in [7, 11) is 4.66. The second kappa shape index (κ2) is 28.7. The molecule has 2 saturated heterocycles. The van der Waals surface area contributed by atoms with Crippen LogP contribution in [-0.4, -0.2) is 139 Å². The van der Waals surface area contributed by atoms with Crippen LogP contribution in [0.5, 0.6) is 0 Å². The van der Waals surface area contributed by atoms with Gasteiger partial charge in [-0.2, -0.15) is 0 Å². The topological polar surface area (TPSA) is 209 Å². The van der Waals surface area contributed by atoms with Crippen LogP contribution in [0.1, 0.15) is 120 Å². The molecular formula is C55H86O15. The summed E-state index contributed by atoms with van der Waals surface area (Å²) < 4.78 is 49.4. The normalized spacial score (nSPS) is 38.5. The standard InChI is InChI=1S/C55H86O15/c1-12-19-36(5)51-53(68-51)52(65-11)39(8)45-22-18-27-55(69-45)32-48-38(7)44(59)30-42(57)33(2)20-16-14-13-15-17-21-46(64-10)47(67-54(62)37(6)28-50(61)66-48)31-43(58)34(3)23-25-40(63-9)29-41(56)35(4)24-26-49(60)70-55/h13-17,20,23-26,28,33-36,38-48,51-53,56-59H,12,18-19,21-22,27,29-32H2,1-11H3/t33-,34+,35+,36?,38+,39?,40?,41+,42+,43+,44+,45-,46+,47+,48-,51+,52?,53-,55+/m1/s1. The molecule has 4 rings (SSSR count). The average molecular weight is 987 g/mol. The fourth-order valence-electron chi connectivity index (χ4n) is 9.78. The fraction of sp³-hybridized carbons (Fsp3) is 0.727. The van der Waals surface area contributed by atoms with Crippen molar-refractivity contribution in [2.75, 3.05) is 21.3 Å². The Morgan fingerprint density at radius 1 is 0.757 bits per heavy atom. The molecule has 15 heteroatoms. The lowest BCUT2D eigenvalue weighted by Crippen LogP contribution is -2.52. The molecule has 1 spiro atoms. The van der Waals surface area contributed by atoms with Crippen molar-refractivity contribution in [1.29, 1.82) is 0 Å². The van der Waals surface area contributed by atoms with E-state index in [4.69, 9.17) is 37.9 Å². The van der Waals surface area contributed by atoms with E-state index in [2.05, 4.69) is 13.8 Å². The molecule has 4 heterocycles. The van der Waals surface area contributed by atoms with E-state index in [-0.39, 0.29) is 67.8 Å². The molecule has 0 aromatic carbocycles. The second-order valence-electron chi connectivity index (χ2n) is 20.4. The van der Waals surface area contributed by atoms with Gasteiger partial charge in [-0.1, -0.05) is 110 Å². The van der Waals surface area contributed by atoms with Gasteiger partial charge in [0.05, 0.1) is 61.4 Å². The van der Waals surface area contributed by atoms with Gasteiger partial charge in [0.25, 0.3) is 0 Å². The minimum Gasteiger partial charge on any atom is -0.459 e. The molecule has 4 aliphatic heterocycles. The fourth-order valence-corrected chi connectivity index (χ4v) is 9.78. The first-order chi connectivity index (χ1) is 33.3. The Labute approximate surface area is 417 Å². The molecule has 0 aromatic rings. The number of esters is 3. The third-order valence-corrected chi connectivity index (χ3v) is 14.8. The van der Waals surface area contributed by atoms with E-state index in [0.717, 1.165) is 18.9 Å². The summed E-state index contributed by atoms with van der Waals surface area (Å²) in [6.07, 6.45) is 13.3. The second-order valence-corrected chi connectivity index (χ2v) is 20.4. The van der Waals surface area contributed by atoms with Gasteiger partial charge < -0.3 is 58.3 Å². The molecule has 4 N–H and O–H groups in total. The minimum atomic E-state index is -1.70. The molecule has 70 heavy (non-hydrogen) atoms. The number of carbonyl (C=O) groups excluding carboxylic acids is 3. The first kappa shape index (κ1) is 59.1. The Kier molecular flexibility index (Phi) is 24.2. The van der Waals surface area contributed by atoms with Gasteiger partial charge in [0.2, 0.25) is 5.79 Å². The third kappa shape index (κ3) is 17.6. The van der Waals surface area contributed by atoms with Crippen molar-refractivity contribution in [3.05, 3.63) is 72.4 Å². The highest BCUT2D eigenvalue weighted by atomic mass is 16.7. The van der Waals surface area contributed by atoms with Crippen molar-refractivity contribution in [2.45, 2.75) is 199 Å². The van der Waals surface area contributed by atoms with Crippen molar-refractivity contribution in [3.8, 4) is 0 Å². The lowest BCUT2D eigenvalue weighted by atomic mass is 9.83. The maximum Gasteiger partial charge on any atom is 0.334 e. The number of methoxy groups -OCH3 is 3. The van der Waals surface area contributed by atoms with E-state index in [9.17, 15) is 34.8 Å². The lowest BCUT2D eigenvalue weighted by molar-refractivity contribution is -0.289. The van der Waals surface area contributed by atoms with Crippen LogP contribution < -0.4 is 0 Å². The zero-order chi connectivity index (χ0) is 51.7. The maximum atomic E-state index is 14.1. The first-order valence-corrected chi connectivity index (χ1v) is 25.6. The van der Waals surface area contributed by atoms with Crippen LogP contribution >= 0.6 is 0 Å². The summed E-state index contributed by atoms with van der Waals surface area (Å²) in [4.78, 5) is 42.1. The molecule has 15 nitrogen and oxygen atoms in total. The average Bonchev–Trinajstić information content (AvgIpc) is 4.12. The summed E-state index contributed by atoms with van der Waals surface area (Å²) in [5.74, 6) is -6.35. The van der Waals surface area contributed by atoms with E-state index in [1.807, 2.05) is 45.1 Å². The molecule has 0 amide bonds. The van der Waals surface area contributed by atoms with Gasteiger partial charge in [-0.25, -0.2) is 14.4 Å². The summed E-state index contributed by atoms with van der Waals surface area (Å²) in [5.41, 5.74) is -0.0959. The van der Waals surface area contributed by atoms with Crippen LogP contribution in [0, 0.1) is 35.5 Å². The number of aliphatic hydroxyl groups is 4. The lowest BCUT2D eigenvalue weighted by Gasteiger charge is -2.45. The number of hydrogen-bond donors (Lipinski definition) is 4. The molecule has 0 radical (unpaired) electrons. The van der Waals surface area contributed by atoms with Gasteiger partial charge in [0, 0.05) is 94.3 Å². The van der Waals surface area contributed by atoms with Crippen LogP contribution in [0.4, 0.5) is 0 Å². The Morgan fingerprint density at radius 3 is 2.11 bits per heavy atom. The van der Waals surface area contributed by atoms with E-state index in [1.54, 1.807) is 51.3 Å². The SMILES string of the molecule is CCCC(C)[C@@H]1O[C@H]1C(OC)C(C)[C@H]1CCC[C@]2(C[C@H]3OC(=O)C=C(C)C(=O)O[C@@H](C[C@H](O)[C@@H](C)C=CC(OC)C[C@H](O)[C@@H](C)C=CC(=O)O2)[C@@H](OC)CC=CC=CC=C[C@@H](C)[C@@H](O)C[C@H](O)[C@@H]3C)O1. The zero-order valence-corrected chi connectivity index (χ0v) is 43.6. The van der Waals surface area contributed by atoms with Crippen molar-refractivity contribution >= 4 is 17.9 Å². The van der Waals surface area contributed by atoms with Gasteiger partial charge in [-0.3, -0.25) is 0 Å². The van der Waals surface area contributed by atoms with Crippen LogP contribution in [0.2, 0.25) is 0 Å². The summed E-state index contributed by atoms with van der Waals surface area (Å²) in [6.45, 7) is 14.9. The predicted octanol–water partition coefficient (Wildman–Crippen LogP) is 7.20. The zero-order valence-electron chi connectivity index (χ0n) is 43.6. The van der Waals surface area contributed by atoms with Crippen LogP contribution in [0.25, 0.3) is 0 Å². The molecule has 19 atom stereocenters. The number of fused-ring (bicyclic) bond motifs is 6. The van der Waals surface area contributed by atoms with Gasteiger partial charge in [0.1, 0.15) is 18.3 Å². The van der Waals surface area contributed by atoms with Crippen LogP contribution in [0.15, 0.2) is 72.4 Å². The monoisotopic (exact) mass is 987 g/mol. The number of rotatable bonds is 9. The quantitative estimate of drug-likeness (QED) is 0.0780. The Morgan fingerprint density at radius 2 is 1.43 bits per heavy atom. The highest BCUT2D eigenvalue weighted by molar-refractivity contribution is 5.96. The Balaban J connectivity index is 1.85. The molecule has 4 aliphatic rings. The van der Waals surface area contributed by atoms with Crippen LogP contribution in [0.3, 0.4) is 0 Å². The largest absolute Gasteiger partial charge is 0.459 e. The molecule has 0 aromatic heterocycles. The summed E-state index contributed by atoms with van der Waals surface area (Å²) in [6, 6.07) is 0. The molecule has 4 unspecified atom stereocenters. The Hall–Kier alpha value is -3.51. The van der Waals surface area contributed by atoms with Crippen molar-refractivity contribution in [1.82, 2.24) is 0 Å². The smallest absolute Gasteiger partial charge is 0.334 e. The van der Waals surface area contributed by atoms with Crippen molar-refractivity contribution in [3.63, 3.8) is 0 Å². The molecule has 0 aliphatic carbocycles. The van der Waals surface area contributed by atoms with E-state index >= 15 is 0 Å². The summed E-state index contributed by atoms with van der Waals surface area (Å²) >= 11 is 0. The van der Waals surface area contributed by atoms with Gasteiger partial charge >= 0.3 is 17.9 Å². The highest BCUT2D eigenvalue weighted by Crippen LogP contribution is 2.44. The van der Waals surface area contributed by atoms with Crippen LogP contribution in [-0.2, 0) is 52.3 Å². The molecule has 0 saturated carbocycles. The molecule has 396 valence electrons. The number of allylic oxidation sites excluding steroid dienone is 4. The number of ether oxygens (including phenoxy) is 8.